The molecule has 74 heavy (non-hydrogen) atoms. The molecule has 3 rings (SSSR count). The Morgan fingerprint density at radius 1 is 0.676 bits per heavy atom. The van der Waals surface area contributed by atoms with E-state index in [1.54, 1.807) is 10.9 Å². The summed E-state index contributed by atoms with van der Waals surface area (Å²) in [4.78, 5) is 126. The minimum absolute atomic E-state index is 0.0229. The third-order valence-corrected chi connectivity index (χ3v) is 14.0. The lowest BCUT2D eigenvalue weighted by atomic mass is 9.94. The number of unbranched alkanes of at least 4 members (excludes halogenated alkanes) is 2. The van der Waals surface area contributed by atoms with E-state index in [1.807, 2.05) is 72.7 Å². The number of amides is 6. The van der Waals surface area contributed by atoms with Crippen LogP contribution in [0.1, 0.15) is 145 Å². The molecule has 416 valence electrons. The standard InChI is InChI=1S/C55H89N7O12/c1-15-17-21-36(7)29-42-52(67)59(10)38(9)55(70)74-47(25-26-48(63)73-33-71-13)51(66)58-43(30-37(8)22-18-16-2)54(69)60(11)45(28-35(5)6)49(64)56-41(27-34(3)4)53(68)61(12)46(50(65)57-42)31-39-32-62(72-14)44-24-20-19-23-40(39)44/h19-20,23-24,32,34-38,41-43,45-47H,15-18,21-22,25-31,33H2,1-14H3,(H,56,64)(H,57,65)(H,58,66)/t36-,37-,38?,41+,42+,43+,45+,46+,47?/m1/s1. The number of likely N-dealkylation sites (N-methyl/N-ethyl adjacent to an activating group) is 3. The lowest BCUT2D eigenvalue weighted by Gasteiger charge is -2.35. The molecule has 3 N–H and O–H groups in total. The number of benzene rings is 1. The van der Waals surface area contributed by atoms with Crippen molar-refractivity contribution in [1.29, 1.82) is 0 Å². The van der Waals surface area contributed by atoms with E-state index >= 15 is 9.59 Å². The van der Waals surface area contributed by atoms with Crippen LogP contribution in [0, 0.1) is 23.7 Å². The normalized spacial score (nSPS) is 23.3. The topological polar surface area (TPSA) is 224 Å². The maximum Gasteiger partial charge on any atom is 0.329 e. The molecule has 19 nitrogen and oxygen atoms in total. The summed E-state index contributed by atoms with van der Waals surface area (Å²) in [6.07, 6.45) is 5.07. The third kappa shape index (κ3) is 18.3. The molecular formula is C55H89N7O12. The number of hydrogen-bond donors (Lipinski definition) is 3. The molecule has 2 heterocycles. The van der Waals surface area contributed by atoms with Gasteiger partial charge in [-0.05, 0) is 67.9 Å². The molecule has 0 radical (unpaired) electrons. The van der Waals surface area contributed by atoms with Gasteiger partial charge < -0.3 is 49.7 Å². The van der Waals surface area contributed by atoms with Crippen LogP contribution in [0.3, 0.4) is 0 Å². The molecule has 1 aromatic heterocycles. The van der Waals surface area contributed by atoms with Crippen molar-refractivity contribution < 1.29 is 57.4 Å². The number of methoxy groups -OCH3 is 1. The summed E-state index contributed by atoms with van der Waals surface area (Å²) < 4.78 is 17.4. The first-order valence-electron chi connectivity index (χ1n) is 26.7. The number of ether oxygens (including phenoxy) is 3. The summed E-state index contributed by atoms with van der Waals surface area (Å²) in [5.74, 6) is -6.01. The van der Waals surface area contributed by atoms with Crippen LogP contribution in [0.4, 0.5) is 0 Å². The zero-order chi connectivity index (χ0) is 55.4. The van der Waals surface area contributed by atoms with Crippen LogP contribution in [0.5, 0.6) is 0 Å². The highest BCUT2D eigenvalue weighted by Crippen LogP contribution is 2.26. The first-order valence-corrected chi connectivity index (χ1v) is 26.7. The summed E-state index contributed by atoms with van der Waals surface area (Å²) in [5, 5.41) is 9.57. The monoisotopic (exact) mass is 1040 g/mol. The van der Waals surface area contributed by atoms with Crippen LogP contribution >= 0.6 is 0 Å². The highest BCUT2D eigenvalue weighted by molar-refractivity contribution is 5.98. The van der Waals surface area contributed by atoms with Gasteiger partial charge in [-0.1, -0.05) is 112 Å². The number of aromatic nitrogens is 1. The van der Waals surface area contributed by atoms with Gasteiger partial charge in [-0.15, -0.1) is 0 Å². The number of fused-ring (bicyclic) bond motifs is 1. The molecule has 19 heteroatoms. The summed E-state index contributed by atoms with van der Waals surface area (Å²) in [6.45, 7) is 16.8. The summed E-state index contributed by atoms with van der Waals surface area (Å²) in [6, 6.07) is 0.232. The molecule has 2 aromatic rings. The van der Waals surface area contributed by atoms with Gasteiger partial charge in [-0.25, -0.2) is 4.79 Å². The van der Waals surface area contributed by atoms with Crippen molar-refractivity contribution in [1.82, 2.24) is 35.4 Å². The highest BCUT2D eigenvalue weighted by atomic mass is 16.7. The molecule has 1 aliphatic rings. The summed E-state index contributed by atoms with van der Waals surface area (Å²) in [5.41, 5.74) is 1.40. The van der Waals surface area contributed by atoms with Crippen LogP contribution in [-0.4, -0.2) is 151 Å². The fraction of sp³-hybridized carbons (Fsp3) is 0.709. The lowest BCUT2D eigenvalue weighted by molar-refractivity contribution is -0.165. The highest BCUT2D eigenvalue weighted by Gasteiger charge is 2.41. The Hall–Kier alpha value is -5.72. The third-order valence-electron chi connectivity index (χ3n) is 14.0. The van der Waals surface area contributed by atoms with E-state index in [0.717, 1.165) is 54.3 Å². The predicted molar refractivity (Wildman–Crippen MR) is 282 cm³/mol. The smallest absolute Gasteiger partial charge is 0.329 e. The fourth-order valence-electron chi connectivity index (χ4n) is 9.44. The fourth-order valence-corrected chi connectivity index (χ4v) is 9.44. The molecule has 1 saturated heterocycles. The van der Waals surface area contributed by atoms with Crippen LogP contribution in [0.25, 0.3) is 10.9 Å². The number of nitrogens with zero attached hydrogens (tertiary/aromatic N) is 4. The Bertz CT molecular complexity index is 2180. The van der Waals surface area contributed by atoms with E-state index in [4.69, 9.17) is 19.0 Å². The molecule has 1 aliphatic heterocycles. The van der Waals surface area contributed by atoms with Gasteiger partial charge in [0.15, 0.2) is 12.9 Å². The second kappa shape index (κ2) is 30.6. The molecule has 0 bridgehead atoms. The zero-order valence-electron chi connectivity index (χ0n) is 46.8. The van der Waals surface area contributed by atoms with Crippen molar-refractivity contribution in [2.24, 2.45) is 23.7 Å². The molecule has 0 spiro atoms. The number of hydrogen-bond acceptors (Lipinski definition) is 12. The number of cyclic esters (lactones) is 1. The van der Waals surface area contributed by atoms with Crippen LogP contribution in [-0.2, 0) is 59.0 Å². The Morgan fingerprint density at radius 2 is 1.18 bits per heavy atom. The molecular weight excluding hydrogens is 951 g/mol. The van der Waals surface area contributed by atoms with E-state index in [-0.39, 0.29) is 75.4 Å². The largest absolute Gasteiger partial charge is 0.451 e. The quantitative estimate of drug-likeness (QED) is 0.0972. The van der Waals surface area contributed by atoms with Crippen molar-refractivity contribution in [3.05, 3.63) is 36.0 Å². The SMILES string of the molecule is CCCC[C@@H](C)C[C@@H]1NC(=O)[C@H](Cc2cn(OC)c3ccccc23)N(C)C(=O)[C@H](CC(C)C)NC(=O)[C@H](CC(C)C)N(C)C(=O)[C@H](C[C@H](C)CCCC)NC(=O)C(CCC(=O)OCOC)OC(=O)C(C)N(C)C1=O. The Balaban J connectivity index is 2.34. The van der Waals surface area contributed by atoms with E-state index in [2.05, 4.69) is 22.9 Å². The average molecular weight is 1040 g/mol. The van der Waals surface area contributed by atoms with Gasteiger partial charge in [0.05, 0.1) is 5.52 Å². The van der Waals surface area contributed by atoms with Gasteiger partial charge in [0.2, 0.25) is 29.5 Å². The van der Waals surface area contributed by atoms with Gasteiger partial charge in [-0.2, -0.15) is 4.73 Å². The minimum atomic E-state index is -1.63. The maximum absolute atomic E-state index is 15.2. The second-order valence-electron chi connectivity index (χ2n) is 21.2. The molecule has 0 saturated carbocycles. The summed E-state index contributed by atoms with van der Waals surface area (Å²) >= 11 is 0. The van der Waals surface area contributed by atoms with Gasteiger partial charge in [0, 0.05) is 59.1 Å². The molecule has 0 aliphatic carbocycles. The number of carbonyl (C=O) groups excluding carboxylic acids is 8. The molecule has 1 fully saturated rings. The van der Waals surface area contributed by atoms with Crippen molar-refractivity contribution in [3.8, 4) is 0 Å². The number of carbonyl (C=O) groups is 8. The van der Waals surface area contributed by atoms with Gasteiger partial charge in [0.25, 0.3) is 5.91 Å². The number of rotatable bonds is 22. The number of nitrogens with one attached hydrogen (secondary N) is 3. The van der Waals surface area contributed by atoms with E-state index < -0.39 is 89.7 Å². The number of esters is 2. The number of para-hydroxylation sites is 1. The molecule has 6 amide bonds. The van der Waals surface area contributed by atoms with Gasteiger partial charge >= 0.3 is 11.9 Å². The van der Waals surface area contributed by atoms with E-state index in [9.17, 15) is 28.8 Å². The van der Waals surface area contributed by atoms with Crippen molar-refractivity contribution in [3.63, 3.8) is 0 Å². The predicted octanol–water partition coefficient (Wildman–Crippen LogP) is 5.58. The maximum atomic E-state index is 15.2. The first-order chi connectivity index (χ1) is 35.0. The molecule has 1 aromatic carbocycles. The second-order valence-corrected chi connectivity index (χ2v) is 21.2. The van der Waals surface area contributed by atoms with Crippen LogP contribution in [0.2, 0.25) is 0 Å². The van der Waals surface area contributed by atoms with Crippen LogP contribution in [0.15, 0.2) is 30.5 Å². The van der Waals surface area contributed by atoms with Crippen molar-refractivity contribution >= 4 is 58.3 Å². The summed E-state index contributed by atoms with van der Waals surface area (Å²) in [7, 11) is 7.25. The van der Waals surface area contributed by atoms with Crippen molar-refractivity contribution in [2.45, 2.75) is 188 Å². The lowest BCUT2D eigenvalue weighted by Crippen LogP contribution is -2.60. The zero-order valence-corrected chi connectivity index (χ0v) is 46.8. The van der Waals surface area contributed by atoms with Gasteiger partial charge in [-0.3, -0.25) is 33.6 Å². The van der Waals surface area contributed by atoms with Crippen LogP contribution < -0.4 is 20.8 Å². The molecule has 9 atom stereocenters. The Kier molecular flexibility index (Phi) is 25.9. The average Bonchev–Trinajstić information content (AvgIpc) is 3.73. The first kappa shape index (κ1) is 62.6. The molecule has 2 unspecified atom stereocenters. The Labute approximate surface area is 439 Å². The Morgan fingerprint density at radius 3 is 1.70 bits per heavy atom. The van der Waals surface area contributed by atoms with Gasteiger partial charge in [0.1, 0.15) is 43.4 Å². The van der Waals surface area contributed by atoms with Crippen molar-refractivity contribution in [2.75, 3.05) is 42.2 Å². The minimum Gasteiger partial charge on any atom is -0.451 e. The van der Waals surface area contributed by atoms with E-state index in [0.29, 0.717) is 5.56 Å². The van der Waals surface area contributed by atoms with E-state index in [1.165, 1.54) is 52.1 Å².